The molecule has 0 amide bonds. The van der Waals surface area contributed by atoms with Crippen LogP contribution in [-0.4, -0.2) is 0 Å². The van der Waals surface area contributed by atoms with Crippen molar-refractivity contribution in [3.05, 3.63) is 34.3 Å². The van der Waals surface area contributed by atoms with Crippen LogP contribution in [0.1, 0.15) is 42.9 Å². The Kier molecular flexibility index (Phi) is 3.32. The zero-order chi connectivity index (χ0) is 10.8. The van der Waals surface area contributed by atoms with Crippen molar-refractivity contribution in [2.24, 2.45) is 11.7 Å². The van der Waals surface area contributed by atoms with Crippen molar-refractivity contribution in [3.8, 4) is 0 Å². The molecule has 1 aromatic rings. The molecular formula is C13H18ClN. The Balaban J connectivity index is 2.27. The number of aryl methyl sites for hydroxylation is 1. The molecule has 1 fully saturated rings. The molecule has 1 aliphatic rings. The van der Waals surface area contributed by atoms with Gasteiger partial charge in [-0.1, -0.05) is 36.6 Å². The normalized spacial score (nSPS) is 19.4. The molecular weight excluding hydrogens is 206 g/mol. The second-order valence-electron chi connectivity index (χ2n) is 4.54. The Bertz CT molecular complexity index is 322. The van der Waals surface area contributed by atoms with E-state index in [2.05, 4.69) is 13.0 Å². The van der Waals surface area contributed by atoms with Gasteiger partial charge < -0.3 is 5.73 Å². The quantitative estimate of drug-likeness (QED) is 0.810. The van der Waals surface area contributed by atoms with Gasteiger partial charge in [-0.15, -0.1) is 0 Å². The van der Waals surface area contributed by atoms with Gasteiger partial charge in [-0.25, -0.2) is 0 Å². The van der Waals surface area contributed by atoms with Gasteiger partial charge in [0.05, 0.1) is 0 Å². The van der Waals surface area contributed by atoms with Crippen molar-refractivity contribution < 1.29 is 0 Å². The average Bonchev–Trinajstić information content (AvgIpc) is 2.69. The number of rotatable bonds is 2. The van der Waals surface area contributed by atoms with Crippen molar-refractivity contribution in [1.82, 2.24) is 0 Å². The summed E-state index contributed by atoms with van der Waals surface area (Å²) in [6, 6.07) is 6.15. The predicted octanol–water partition coefficient (Wildman–Crippen LogP) is 3.84. The minimum atomic E-state index is 0.126. The molecule has 0 bridgehead atoms. The number of nitrogens with two attached hydrogens (primary N) is 1. The van der Waals surface area contributed by atoms with Crippen LogP contribution in [0.25, 0.3) is 0 Å². The number of hydrogen-bond donors (Lipinski definition) is 1. The minimum absolute atomic E-state index is 0.126. The maximum atomic E-state index is 6.32. The zero-order valence-electron chi connectivity index (χ0n) is 9.17. The molecule has 0 radical (unpaired) electrons. The highest BCUT2D eigenvalue weighted by molar-refractivity contribution is 6.31. The van der Waals surface area contributed by atoms with Gasteiger partial charge in [-0.2, -0.15) is 0 Å². The van der Waals surface area contributed by atoms with Crippen LogP contribution >= 0.6 is 11.6 Å². The van der Waals surface area contributed by atoms with Crippen molar-refractivity contribution in [2.75, 3.05) is 0 Å². The van der Waals surface area contributed by atoms with E-state index in [0.29, 0.717) is 5.92 Å². The van der Waals surface area contributed by atoms with Crippen LogP contribution in [-0.2, 0) is 0 Å². The zero-order valence-corrected chi connectivity index (χ0v) is 9.93. The third kappa shape index (κ3) is 2.19. The first-order chi connectivity index (χ1) is 7.20. The first-order valence-electron chi connectivity index (χ1n) is 5.70. The molecule has 0 aliphatic heterocycles. The number of halogens is 1. The molecule has 15 heavy (non-hydrogen) atoms. The Morgan fingerprint density at radius 2 is 2.00 bits per heavy atom. The van der Waals surface area contributed by atoms with Gasteiger partial charge in [0.2, 0.25) is 0 Å². The molecule has 0 spiro atoms. The second-order valence-corrected chi connectivity index (χ2v) is 4.95. The summed E-state index contributed by atoms with van der Waals surface area (Å²) in [7, 11) is 0. The van der Waals surface area contributed by atoms with Gasteiger partial charge in [-0.05, 0) is 42.9 Å². The van der Waals surface area contributed by atoms with E-state index in [1.807, 2.05) is 12.1 Å². The van der Waals surface area contributed by atoms with E-state index in [-0.39, 0.29) is 6.04 Å². The molecule has 2 heteroatoms. The van der Waals surface area contributed by atoms with E-state index in [0.717, 1.165) is 10.6 Å². The summed E-state index contributed by atoms with van der Waals surface area (Å²) < 4.78 is 0. The fourth-order valence-electron chi connectivity index (χ4n) is 2.62. The van der Waals surface area contributed by atoms with Crippen LogP contribution in [0.5, 0.6) is 0 Å². The Hall–Kier alpha value is -0.530. The summed E-state index contributed by atoms with van der Waals surface area (Å²) in [5, 5.41) is 0.828. The van der Waals surface area contributed by atoms with Gasteiger partial charge >= 0.3 is 0 Å². The molecule has 1 aromatic carbocycles. The highest BCUT2D eigenvalue weighted by Gasteiger charge is 2.25. The molecule has 0 aromatic heterocycles. The molecule has 0 saturated heterocycles. The number of hydrogen-bond acceptors (Lipinski definition) is 1. The van der Waals surface area contributed by atoms with Gasteiger partial charge in [-0.3, -0.25) is 0 Å². The van der Waals surface area contributed by atoms with Gasteiger partial charge in [0.15, 0.2) is 0 Å². The third-order valence-corrected chi connectivity index (χ3v) is 3.84. The van der Waals surface area contributed by atoms with Crippen LogP contribution < -0.4 is 5.73 Å². The molecule has 1 nitrogen and oxygen atoms in total. The van der Waals surface area contributed by atoms with Crippen LogP contribution in [0.2, 0.25) is 5.02 Å². The SMILES string of the molecule is Cc1cccc(Cl)c1[C@@H](N)C1CCCC1. The summed E-state index contributed by atoms with van der Waals surface area (Å²) in [4.78, 5) is 0. The maximum Gasteiger partial charge on any atom is 0.0456 e. The molecule has 82 valence electrons. The highest BCUT2D eigenvalue weighted by Crippen LogP contribution is 2.37. The Labute approximate surface area is 96.6 Å². The monoisotopic (exact) mass is 223 g/mol. The van der Waals surface area contributed by atoms with Crippen molar-refractivity contribution >= 4 is 11.6 Å². The fraction of sp³-hybridized carbons (Fsp3) is 0.538. The summed E-state index contributed by atoms with van der Waals surface area (Å²) in [6.45, 7) is 2.09. The summed E-state index contributed by atoms with van der Waals surface area (Å²) >= 11 is 6.22. The highest BCUT2D eigenvalue weighted by atomic mass is 35.5. The van der Waals surface area contributed by atoms with Crippen LogP contribution in [0.4, 0.5) is 0 Å². The Morgan fingerprint density at radius 3 is 2.60 bits per heavy atom. The standard InChI is InChI=1S/C13H18ClN/c1-9-5-4-8-11(14)12(9)13(15)10-6-2-3-7-10/h4-5,8,10,13H,2-3,6-7,15H2,1H3/t13-/m0/s1. The lowest BCUT2D eigenvalue weighted by molar-refractivity contribution is 0.443. The van der Waals surface area contributed by atoms with Gasteiger partial charge in [0.25, 0.3) is 0 Å². The molecule has 2 N–H and O–H groups in total. The fourth-order valence-corrected chi connectivity index (χ4v) is 2.97. The lowest BCUT2D eigenvalue weighted by Gasteiger charge is -2.22. The molecule has 1 atom stereocenters. The topological polar surface area (TPSA) is 26.0 Å². The molecule has 1 aliphatic carbocycles. The molecule has 0 heterocycles. The lowest BCUT2D eigenvalue weighted by Crippen LogP contribution is -2.20. The summed E-state index contributed by atoms with van der Waals surface area (Å²) in [5.41, 5.74) is 8.70. The largest absolute Gasteiger partial charge is 0.324 e. The van der Waals surface area contributed by atoms with E-state index in [9.17, 15) is 0 Å². The first-order valence-corrected chi connectivity index (χ1v) is 6.08. The molecule has 2 rings (SSSR count). The van der Waals surface area contributed by atoms with Gasteiger partial charge in [0.1, 0.15) is 0 Å². The number of benzene rings is 1. The maximum absolute atomic E-state index is 6.32. The third-order valence-electron chi connectivity index (χ3n) is 3.51. The van der Waals surface area contributed by atoms with E-state index in [1.165, 1.54) is 31.2 Å². The van der Waals surface area contributed by atoms with E-state index in [4.69, 9.17) is 17.3 Å². The van der Waals surface area contributed by atoms with Crippen LogP contribution in [0, 0.1) is 12.8 Å². The van der Waals surface area contributed by atoms with Crippen molar-refractivity contribution in [2.45, 2.75) is 38.6 Å². The minimum Gasteiger partial charge on any atom is -0.324 e. The molecule has 0 unspecified atom stereocenters. The smallest absolute Gasteiger partial charge is 0.0456 e. The van der Waals surface area contributed by atoms with E-state index < -0.39 is 0 Å². The first kappa shape index (κ1) is 11.0. The van der Waals surface area contributed by atoms with Crippen molar-refractivity contribution in [1.29, 1.82) is 0 Å². The molecule has 1 saturated carbocycles. The van der Waals surface area contributed by atoms with Crippen LogP contribution in [0.15, 0.2) is 18.2 Å². The lowest BCUT2D eigenvalue weighted by atomic mass is 9.90. The van der Waals surface area contributed by atoms with E-state index >= 15 is 0 Å². The Morgan fingerprint density at radius 1 is 1.33 bits per heavy atom. The van der Waals surface area contributed by atoms with Crippen LogP contribution in [0.3, 0.4) is 0 Å². The summed E-state index contributed by atoms with van der Waals surface area (Å²) in [6.07, 6.45) is 5.15. The second kappa shape index (κ2) is 4.54. The van der Waals surface area contributed by atoms with Crippen molar-refractivity contribution in [3.63, 3.8) is 0 Å². The van der Waals surface area contributed by atoms with E-state index in [1.54, 1.807) is 0 Å². The summed E-state index contributed by atoms with van der Waals surface area (Å²) in [5.74, 6) is 0.628. The average molecular weight is 224 g/mol. The predicted molar refractivity (Wildman–Crippen MR) is 65.1 cm³/mol. The van der Waals surface area contributed by atoms with Gasteiger partial charge in [0, 0.05) is 11.1 Å².